The number of benzene rings is 1. The summed E-state index contributed by atoms with van der Waals surface area (Å²) in [5, 5.41) is -0.122. The first kappa shape index (κ1) is 11.1. The van der Waals surface area contributed by atoms with Crippen LogP contribution in [0.15, 0.2) is 47.1 Å². The van der Waals surface area contributed by atoms with Crippen LogP contribution in [0.2, 0.25) is 0 Å². The van der Waals surface area contributed by atoms with Gasteiger partial charge in [0.2, 0.25) is 0 Å². The highest BCUT2D eigenvalue weighted by atomic mass is 35.5. The van der Waals surface area contributed by atoms with Crippen molar-refractivity contribution in [2.24, 2.45) is 0 Å². The van der Waals surface area contributed by atoms with Gasteiger partial charge in [0, 0.05) is 0 Å². The van der Waals surface area contributed by atoms with Gasteiger partial charge in [0.05, 0.1) is 18.8 Å². The van der Waals surface area contributed by atoms with Gasteiger partial charge in [0.1, 0.15) is 11.5 Å². The van der Waals surface area contributed by atoms with Gasteiger partial charge < -0.3 is 9.15 Å². The molecule has 0 saturated carbocycles. The summed E-state index contributed by atoms with van der Waals surface area (Å²) in [5.41, 5.74) is 1.16. The number of rotatable bonds is 4. The Bertz CT molecular complexity index is 420. The summed E-state index contributed by atoms with van der Waals surface area (Å²) in [6.45, 7) is 0. The first-order valence-corrected chi connectivity index (χ1v) is 5.53. The van der Waals surface area contributed by atoms with Gasteiger partial charge in [-0.2, -0.15) is 0 Å². The molecule has 1 atom stereocenters. The lowest BCUT2D eigenvalue weighted by Crippen LogP contribution is -1.94. The van der Waals surface area contributed by atoms with Gasteiger partial charge in [0.15, 0.2) is 0 Å². The van der Waals surface area contributed by atoms with Crippen LogP contribution >= 0.6 is 11.6 Å². The number of ether oxygens (including phenoxy) is 1. The fraction of sp³-hybridized carbons (Fsp3) is 0.231. The number of furan rings is 1. The molecule has 1 heterocycles. The fourth-order valence-electron chi connectivity index (χ4n) is 1.54. The van der Waals surface area contributed by atoms with Crippen LogP contribution < -0.4 is 4.74 Å². The monoisotopic (exact) mass is 236 g/mol. The van der Waals surface area contributed by atoms with Crippen molar-refractivity contribution < 1.29 is 9.15 Å². The molecule has 3 heteroatoms. The Kier molecular flexibility index (Phi) is 3.52. The summed E-state index contributed by atoms with van der Waals surface area (Å²) in [6.07, 6.45) is 2.39. The topological polar surface area (TPSA) is 22.4 Å². The Morgan fingerprint density at radius 3 is 2.56 bits per heavy atom. The lowest BCUT2D eigenvalue weighted by atomic mass is 10.1. The van der Waals surface area contributed by atoms with E-state index in [9.17, 15) is 0 Å². The predicted molar refractivity (Wildman–Crippen MR) is 64.0 cm³/mol. The molecule has 0 aliphatic rings. The zero-order chi connectivity index (χ0) is 11.4. The number of hydrogen-bond acceptors (Lipinski definition) is 2. The molecule has 2 rings (SSSR count). The Labute approximate surface area is 99.8 Å². The number of hydrogen-bond donors (Lipinski definition) is 0. The maximum absolute atomic E-state index is 6.23. The molecule has 1 aromatic heterocycles. The van der Waals surface area contributed by atoms with E-state index in [1.807, 2.05) is 36.4 Å². The fourth-order valence-corrected chi connectivity index (χ4v) is 1.84. The summed E-state index contributed by atoms with van der Waals surface area (Å²) < 4.78 is 10.4. The van der Waals surface area contributed by atoms with Gasteiger partial charge >= 0.3 is 0 Å². The maximum atomic E-state index is 6.23. The summed E-state index contributed by atoms with van der Waals surface area (Å²) in [5.74, 6) is 1.66. The highest BCUT2D eigenvalue weighted by Crippen LogP contribution is 2.25. The third-order valence-corrected chi connectivity index (χ3v) is 2.80. The maximum Gasteiger partial charge on any atom is 0.121 e. The minimum Gasteiger partial charge on any atom is -0.497 e. The zero-order valence-corrected chi connectivity index (χ0v) is 9.78. The molecule has 0 fully saturated rings. The molecule has 1 aromatic carbocycles. The van der Waals surface area contributed by atoms with Gasteiger partial charge in [-0.15, -0.1) is 11.6 Å². The van der Waals surface area contributed by atoms with Crippen molar-refractivity contribution in [1.82, 2.24) is 0 Å². The van der Waals surface area contributed by atoms with Crippen LogP contribution in [0.5, 0.6) is 5.75 Å². The van der Waals surface area contributed by atoms with Gasteiger partial charge in [-0.05, 0) is 36.2 Å². The van der Waals surface area contributed by atoms with E-state index < -0.39 is 0 Å². The average Bonchev–Trinajstić information content (AvgIpc) is 2.83. The zero-order valence-electron chi connectivity index (χ0n) is 9.02. The second-order valence-electron chi connectivity index (χ2n) is 3.54. The SMILES string of the molecule is COc1ccc(CC(Cl)c2ccco2)cc1. The van der Waals surface area contributed by atoms with E-state index in [4.69, 9.17) is 20.8 Å². The van der Waals surface area contributed by atoms with Crippen LogP contribution in [0.4, 0.5) is 0 Å². The van der Waals surface area contributed by atoms with Crippen LogP contribution in [0.25, 0.3) is 0 Å². The molecule has 0 amide bonds. The quantitative estimate of drug-likeness (QED) is 0.754. The minimum absolute atomic E-state index is 0.122. The first-order valence-electron chi connectivity index (χ1n) is 5.10. The van der Waals surface area contributed by atoms with Crippen molar-refractivity contribution in [3.05, 3.63) is 54.0 Å². The predicted octanol–water partition coefficient (Wildman–Crippen LogP) is 3.81. The molecule has 0 aliphatic heterocycles. The lowest BCUT2D eigenvalue weighted by Gasteiger charge is -2.07. The number of halogens is 1. The van der Waals surface area contributed by atoms with E-state index >= 15 is 0 Å². The van der Waals surface area contributed by atoms with Gasteiger partial charge in [0.25, 0.3) is 0 Å². The van der Waals surface area contributed by atoms with E-state index in [0.29, 0.717) is 0 Å². The lowest BCUT2D eigenvalue weighted by molar-refractivity contribution is 0.414. The van der Waals surface area contributed by atoms with Crippen LogP contribution in [-0.4, -0.2) is 7.11 Å². The molecule has 1 unspecified atom stereocenters. The number of alkyl halides is 1. The van der Waals surface area contributed by atoms with Gasteiger partial charge in [-0.25, -0.2) is 0 Å². The Hall–Kier alpha value is -1.41. The van der Waals surface area contributed by atoms with Crippen molar-refractivity contribution in [1.29, 1.82) is 0 Å². The Morgan fingerprint density at radius 1 is 1.25 bits per heavy atom. The number of methoxy groups -OCH3 is 1. The normalized spacial score (nSPS) is 12.4. The van der Waals surface area contributed by atoms with Crippen LogP contribution in [0, 0.1) is 0 Å². The summed E-state index contributed by atoms with van der Waals surface area (Å²) in [7, 11) is 1.65. The molecule has 0 bridgehead atoms. The van der Waals surface area contributed by atoms with E-state index in [-0.39, 0.29) is 5.38 Å². The van der Waals surface area contributed by atoms with Crippen LogP contribution in [-0.2, 0) is 6.42 Å². The van der Waals surface area contributed by atoms with Crippen LogP contribution in [0.1, 0.15) is 16.7 Å². The molecule has 0 saturated heterocycles. The van der Waals surface area contributed by atoms with Crippen LogP contribution in [0.3, 0.4) is 0 Å². The largest absolute Gasteiger partial charge is 0.497 e. The Morgan fingerprint density at radius 2 is 2.00 bits per heavy atom. The molecule has 84 valence electrons. The van der Waals surface area contributed by atoms with Crippen molar-refractivity contribution >= 4 is 11.6 Å². The minimum atomic E-state index is -0.122. The average molecular weight is 237 g/mol. The highest BCUT2D eigenvalue weighted by molar-refractivity contribution is 6.20. The summed E-state index contributed by atoms with van der Waals surface area (Å²) in [6, 6.07) is 11.6. The molecule has 2 aromatic rings. The van der Waals surface area contributed by atoms with Gasteiger partial charge in [-0.3, -0.25) is 0 Å². The molecule has 2 nitrogen and oxygen atoms in total. The highest BCUT2D eigenvalue weighted by Gasteiger charge is 2.11. The van der Waals surface area contributed by atoms with E-state index in [1.54, 1.807) is 13.4 Å². The second kappa shape index (κ2) is 5.08. The molecule has 0 N–H and O–H groups in total. The summed E-state index contributed by atoms with van der Waals surface area (Å²) >= 11 is 6.23. The van der Waals surface area contributed by atoms with E-state index in [2.05, 4.69) is 0 Å². The molecule has 16 heavy (non-hydrogen) atoms. The van der Waals surface area contributed by atoms with Crippen molar-refractivity contribution in [2.45, 2.75) is 11.8 Å². The molecule has 0 radical (unpaired) electrons. The third-order valence-electron chi connectivity index (χ3n) is 2.43. The molecular weight excluding hydrogens is 224 g/mol. The molecule has 0 spiro atoms. The van der Waals surface area contributed by atoms with E-state index in [0.717, 1.165) is 23.5 Å². The Balaban J connectivity index is 2.03. The molecule has 0 aliphatic carbocycles. The van der Waals surface area contributed by atoms with Gasteiger partial charge in [-0.1, -0.05) is 12.1 Å². The first-order chi connectivity index (χ1) is 7.79. The standard InChI is InChI=1S/C13H13ClO2/c1-15-11-6-4-10(5-7-11)9-12(14)13-3-2-8-16-13/h2-8,12H,9H2,1H3. The van der Waals surface area contributed by atoms with Crippen molar-refractivity contribution in [2.75, 3.05) is 7.11 Å². The van der Waals surface area contributed by atoms with E-state index in [1.165, 1.54) is 0 Å². The third kappa shape index (κ3) is 2.58. The van der Waals surface area contributed by atoms with Crippen molar-refractivity contribution in [3.8, 4) is 5.75 Å². The van der Waals surface area contributed by atoms with Crippen molar-refractivity contribution in [3.63, 3.8) is 0 Å². The summed E-state index contributed by atoms with van der Waals surface area (Å²) in [4.78, 5) is 0. The second-order valence-corrected chi connectivity index (χ2v) is 4.06. The smallest absolute Gasteiger partial charge is 0.121 e. The molecular formula is C13H13ClO2.